The van der Waals surface area contributed by atoms with Crippen LogP contribution in [-0.4, -0.2) is 16.1 Å². The van der Waals surface area contributed by atoms with Gasteiger partial charge in [-0.3, -0.25) is 9.59 Å². The number of carbonyl (C=O) groups excluding carboxylic acids is 2. The third kappa shape index (κ3) is 5.15. The van der Waals surface area contributed by atoms with Crippen molar-refractivity contribution in [1.29, 1.82) is 0 Å². The minimum atomic E-state index is -1.38. The second-order valence-electron chi connectivity index (χ2n) is 7.79. The first-order valence-corrected chi connectivity index (χ1v) is 11.8. The molecule has 2 atom stereocenters. The summed E-state index contributed by atoms with van der Waals surface area (Å²) in [6.45, 7) is 0. The second kappa shape index (κ2) is 9.64. The van der Waals surface area contributed by atoms with Crippen molar-refractivity contribution in [2.24, 2.45) is 5.92 Å². The maximum atomic E-state index is 14.1. The van der Waals surface area contributed by atoms with Gasteiger partial charge in [0.2, 0.25) is 5.91 Å². The van der Waals surface area contributed by atoms with Crippen LogP contribution in [0.15, 0.2) is 48.5 Å². The molecule has 1 aliphatic rings. The standard InChI is InChI=1S/C23H14Cl5F2N3O2/c24-12-4-2-10(6-11(12)21(34)33-18-8-15(29)17(31)7-16(18)30)32-22(35)20-19(23(20,27)28)9-1-3-13(25)14(26)5-9/h1-8,19-20H,31H2,(H,32,35)(H,33,34)/t19-,20?/m0/s1. The van der Waals surface area contributed by atoms with Crippen molar-refractivity contribution in [3.63, 3.8) is 0 Å². The van der Waals surface area contributed by atoms with E-state index < -0.39 is 51.0 Å². The molecule has 4 rings (SSSR count). The third-order valence-electron chi connectivity index (χ3n) is 5.45. The first-order chi connectivity index (χ1) is 16.4. The van der Waals surface area contributed by atoms with Crippen LogP contribution < -0.4 is 16.4 Å². The molecule has 4 N–H and O–H groups in total. The van der Waals surface area contributed by atoms with Crippen LogP contribution in [0.4, 0.5) is 25.8 Å². The van der Waals surface area contributed by atoms with Crippen molar-refractivity contribution < 1.29 is 18.4 Å². The molecule has 1 aliphatic carbocycles. The van der Waals surface area contributed by atoms with Gasteiger partial charge in [-0.2, -0.15) is 0 Å². The lowest BCUT2D eigenvalue weighted by molar-refractivity contribution is -0.117. The van der Waals surface area contributed by atoms with E-state index in [0.29, 0.717) is 15.6 Å². The number of hydrogen-bond acceptors (Lipinski definition) is 3. The van der Waals surface area contributed by atoms with Crippen molar-refractivity contribution >= 4 is 86.9 Å². The highest BCUT2D eigenvalue weighted by Gasteiger charge is 2.67. The maximum Gasteiger partial charge on any atom is 0.257 e. The molecular formula is C23H14Cl5F2N3O2. The predicted octanol–water partition coefficient (Wildman–Crippen LogP) is 7.29. The van der Waals surface area contributed by atoms with Gasteiger partial charge >= 0.3 is 0 Å². The van der Waals surface area contributed by atoms with E-state index >= 15 is 0 Å². The summed E-state index contributed by atoms with van der Waals surface area (Å²) in [5.74, 6) is -4.53. The highest BCUT2D eigenvalue weighted by Crippen LogP contribution is 2.65. The number of nitrogens with two attached hydrogens (primary N) is 1. The number of halogens is 7. The molecule has 0 bridgehead atoms. The zero-order valence-electron chi connectivity index (χ0n) is 17.3. The molecule has 1 fully saturated rings. The lowest BCUT2D eigenvalue weighted by atomic mass is 10.1. The van der Waals surface area contributed by atoms with Crippen molar-refractivity contribution in [2.75, 3.05) is 16.4 Å². The molecule has 0 aliphatic heterocycles. The van der Waals surface area contributed by atoms with Crippen LogP contribution in [0.5, 0.6) is 0 Å². The molecule has 0 heterocycles. The molecule has 2 amide bonds. The number of anilines is 3. The molecule has 0 radical (unpaired) electrons. The van der Waals surface area contributed by atoms with Crippen molar-refractivity contribution in [3.05, 3.63) is 86.4 Å². The van der Waals surface area contributed by atoms with Crippen LogP contribution >= 0.6 is 58.0 Å². The number of alkyl halides is 2. The summed E-state index contributed by atoms with van der Waals surface area (Å²) in [6, 6.07) is 10.4. The summed E-state index contributed by atoms with van der Waals surface area (Å²) in [5.41, 5.74) is 5.23. The molecule has 3 aromatic rings. The minimum absolute atomic E-state index is 0.0148. The van der Waals surface area contributed by atoms with Crippen LogP contribution in [0.25, 0.3) is 0 Å². The molecule has 182 valence electrons. The Morgan fingerprint density at radius 3 is 2.23 bits per heavy atom. The van der Waals surface area contributed by atoms with Crippen LogP contribution in [0, 0.1) is 17.6 Å². The summed E-state index contributed by atoms with van der Waals surface area (Å²) in [4.78, 5) is 25.6. The molecule has 12 heteroatoms. The summed E-state index contributed by atoms with van der Waals surface area (Å²) >= 11 is 30.9. The van der Waals surface area contributed by atoms with E-state index in [1.54, 1.807) is 18.2 Å². The lowest BCUT2D eigenvalue weighted by Crippen LogP contribution is -2.18. The van der Waals surface area contributed by atoms with Gasteiger partial charge in [-0.05, 0) is 35.9 Å². The normalized spacial score (nSPS) is 18.1. The molecule has 5 nitrogen and oxygen atoms in total. The van der Waals surface area contributed by atoms with E-state index in [9.17, 15) is 18.4 Å². The molecular weight excluding hydrogens is 566 g/mol. The first-order valence-electron chi connectivity index (χ1n) is 9.89. The van der Waals surface area contributed by atoms with Crippen molar-refractivity contribution in [3.8, 4) is 0 Å². The van der Waals surface area contributed by atoms with Crippen LogP contribution in [0.2, 0.25) is 15.1 Å². The largest absolute Gasteiger partial charge is 0.396 e. The summed E-state index contributed by atoms with van der Waals surface area (Å²) in [6.07, 6.45) is 0. The van der Waals surface area contributed by atoms with Gasteiger partial charge in [-0.15, -0.1) is 23.2 Å². The number of carbonyl (C=O) groups is 2. The molecule has 1 unspecified atom stereocenters. The number of hydrogen-bond donors (Lipinski definition) is 3. The van der Waals surface area contributed by atoms with Crippen molar-refractivity contribution in [1.82, 2.24) is 0 Å². The Labute approximate surface area is 223 Å². The van der Waals surface area contributed by atoms with Gasteiger partial charge in [0.05, 0.1) is 37.9 Å². The molecule has 0 spiro atoms. The highest BCUT2D eigenvalue weighted by atomic mass is 35.5. The van der Waals surface area contributed by atoms with E-state index in [-0.39, 0.29) is 16.3 Å². The average molecular weight is 580 g/mol. The Balaban J connectivity index is 1.52. The molecule has 1 saturated carbocycles. The summed E-state index contributed by atoms with van der Waals surface area (Å²) in [7, 11) is 0. The fourth-order valence-electron chi connectivity index (χ4n) is 3.62. The van der Waals surface area contributed by atoms with Gasteiger partial charge in [0.1, 0.15) is 16.0 Å². The Hall–Kier alpha value is -2.29. The number of rotatable bonds is 5. The van der Waals surface area contributed by atoms with E-state index in [2.05, 4.69) is 10.6 Å². The second-order valence-corrected chi connectivity index (χ2v) is 10.5. The Morgan fingerprint density at radius 1 is 0.857 bits per heavy atom. The molecule has 0 aromatic heterocycles. The van der Waals surface area contributed by atoms with Gasteiger partial charge in [0.15, 0.2) is 0 Å². The Bertz CT molecular complexity index is 1370. The Kier molecular flexibility index (Phi) is 7.10. The smallest absolute Gasteiger partial charge is 0.257 e. The molecule has 3 aromatic carbocycles. The van der Waals surface area contributed by atoms with Crippen LogP contribution in [-0.2, 0) is 4.79 Å². The van der Waals surface area contributed by atoms with Gasteiger partial charge in [-0.1, -0.05) is 40.9 Å². The molecule has 35 heavy (non-hydrogen) atoms. The summed E-state index contributed by atoms with van der Waals surface area (Å²) in [5, 5.41) is 5.53. The van der Waals surface area contributed by atoms with Gasteiger partial charge in [-0.25, -0.2) is 8.78 Å². The van der Waals surface area contributed by atoms with E-state index in [1.807, 2.05) is 0 Å². The van der Waals surface area contributed by atoms with Gasteiger partial charge in [0, 0.05) is 23.7 Å². The van der Waals surface area contributed by atoms with Crippen LogP contribution in [0.1, 0.15) is 21.8 Å². The maximum absolute atomic E-state index is 14.1. The SMILES string of the molecule is Nc1cc(F)c(NC(=O)c2cc(NC(=O)C3[C@H](c4ccc(Cl)c(Cl)c4)C3(Cl)Cl)ccc2Cl)cc1F. The minimum Gasteiger partial charge on any atom is -0.396 e. The van der Waals surface area contributed by atoms with E-state index in [0.717, 1.165) is 12.1 Å². The van der Waals surface area contributed by atoms with Gasteiger partial charge in [0.25, 0.3) is 5.91 Å². The fraction of sp³-hybridized carbons (Fsp3) is 0.130. The van der Waals surface area contributed by atoms with E-state index in [4.69, 9.17) is 63.7 Å². The van der Waals surface area contributed by atoms with Crippen LogP contribution in [0.3, 0.4) is 0 Å². The van der Waals surface area contributed by atoms with Gasteiger partial charge < -0.3 is 16.4 Å². The van der Waals surface area contributed by atoms with E-state index in [1.165, 1.54) is 18.2 Å². The van der Waals surface area contributed by atoms with Crippen molar-refractivity contribution in [2.45, 2.75) is 10.3 Å². The first kappa shape index (κ1) is 25.8. The quantitative estimate of drug-likeness (QED) is 0.219. The molecule has 0 saturated heterocycles. The monoisotopic (exact) mass is 577 g/mol. The lowest BCUT2D eigenvalue weighted by Gasteiger charge is -2.11. The highest BCUT2D eigenvalue weighted by molar-refractivity contribution is 6.53. The number of amides is 2. The average Bonchev–Trinajstić information content (AvgIpc) is 3.37. The number of nitrogen functional groups attached to an aromatic ring is 1. The fourth-order valence-corrected chi connectivity index (χ4v) is 4.96. The topological polar surface area (TPSA) is 84.2 Å². The zero-order valence-corrected chi connectivity index (χ0v) is 21.1. The third-order valence-corrected chi connectivity index (χ3v) is 7.46. The zero-order chi connectivity index (χ0) is 25.7. The predicted molar refractivity (Wildman–Crippen MR) is 136 cm³/mol. The number of nitrogens with one attached hydrogen (secondary N) is 2. The summed E-state index contributed by atoms with van der Waals surface area (Å²) < 4.78 is 26.4. The Morgan fingerprint density at radius 2 is 1.54 bits per heavy atom. The number of benzene rings is 3.